The average molecular weight is 296 g/mol. The zero-order chi connectivity index (χ0) is 15.1. The Bertz CT molecular complexity index is 803. The molecular formula is C15H8F4O2. The summed E-state index contributed by atoms with van der Waals surface area (Å²) in [5.41, 5.74) is -0.468. The normalized spacial score (nSPS) is 12.8. The van der Waals surface area contributed by atoms with Gasteiger partial charge in [-0.3, -0.25) is 0 Å². The standard InChI is InChI=1S/C15H8F4O2/c16-8-1-2-12-7(3-8)4-13(21-12)15(20)14-10(18)5-9(17)6-11(14)19/h1-6,15,20H. The van der Waals surface area contributed by atoms with Crippen molar-refractivity contribution in [3.63, 3.8) is 0 Å². The summed E-state index contributed by atoms with van der Waals surface area (Å²) in [6.07, 6.45) is -1.76. The van der Waals surface area contributed by atoms with Gasteiger partial charge in [0.05, 0.1) is 5.56 Å². The summed E-state index contributed by atoms with van der Waals surface area (Å²) in [6.45, 7) is 0. The Balaban J connectivity index is 2.10. The van der Waals surface area contributed by atoms with Gasteiger partial charge < -0.3 is 9.52 Å². The third-order valence-electron chi connectivity index (χ3n) is 3.08. The van der Waals surface area contributed by atoms with Crippen molar-refractivity contribution in [3.05, 3.63) is 71.0 Å². The highest BCUT2D eigenvalue weighted by Gasteiger charge is 2.24. The van der Waals surface area contributed by atoms with Crippen molar-refractivity contribution in [2.45, 2.75) is 6.10 Å². The molecule has 21 heavy (non-hydrogen) atoms. The number of hydrogen-bond donors (Lipinski definition) is 1. The fourth-order valence-corrected chi connectivity index (χ4v) is 2.13. The monoisotopic (exact) mass is 296 g/mol. The van der Waals surface area contributed by atoms with Gasteiger partial charge in [0.1, 0.15) is 40.7 Å². The van der Waals surface area contributed by atoms with Gasteiger partial charge in [0.15, 0.2) is 0 Å². The van der Waals surface area contributed by atoms with Gasteiger partial charge in [0, 0.05) is 17.5 Å². The van der Waals surface area contributed by atoms with Crippen molar-refractivity contribution in [1.82, 2.24) is 0 Å². The molecule has 3 rings (SSSR count). The van der Waals surface area contributed by atoms with Crippen molar-refractivity contribution >= 4 is 11.0 Å². The molecule has 3 aromatic rings. The molecule has 0 aliphatic rings. The van der Waals surface area contributed by atoms with Gasteiger partial charge in [-0.25, -0.2) is 17.6 Å². The summed E-state index contributed by atoms with van der Waals surface area (Å²) in [4.78, 5) is 0. The Hall–Kier alpha value is -2.34. The smallest absolute Gasteiger partial charge is 0.142 e. The van der Waals surface area contributed by atoms with E-state index in [-0.39, 0.29) is 11.3 Å². The molecule has 1 heterocycles. The highest BCUT2D eigenvalue weighted by Crippen LogP contribution is 2.31. The molecule has 0 bridgehead atoms. The van der Waals surface area contributed by atoms with Gasteiger partial charge in [-0.1, -0.05) is 0 Å². The molecule has 0 radical (unpaired) electrons. The molecule has 1 N–H and O–H groups in total. The van der Waals surface area contributed by atoms with Gasteiger partial charge in [-0.05, 0) is 24.3 Å². The second-order valence-electron chi connectivity index (χ2n) is 4.52. The minimum Gasteiger partial charge on any atom is -0.458 e. The lowest BCUT2D eigenvalue weighted by Crippen LogP contribution is -2.05. The number of hydrogen-bond acceptors (Lipinski definition) is 2. The molecule has 0 amide bonds. The van der Waals surface area contributed by atoms with Crippen molar-refractivity contribution in [2.24, 2.45) is 0 Å². The first-order valence-electron chi connectivity index (χ1n) is 5.97. The van der Waals surface area contributed by atoms with Gasteiger partial charge >= 0.3 is 0 Å². The lowest BCUT2D eigenvalue weighted by molar-refractivity contribution is 0.182. The number of furan rings is 1. The second-order valence-corrected chi connectivity index (χ2v) is 4.52. The Morgan fingerprint density at radius 1 is 0.857 bits per heavy atom. The van der Waals surface area contributed by atoms with E-state index in [1.807, 2.05) is 0 Å². The second kappa shape index (κ2) is 4.89. The van der Waals surface area contributed by atoms with Crippen LogP contribution in [0.1, 0.15) is 17.4 Å². The zero-order valence-corrected chi connectivity index (χ0v) is 10.4. The lowest BCUT2D eigenvalue weighted by atomic mass is 10.1. The van der Waals surface area contributed by atoms with E-state index in [1.165, 1.54) is 12.1 Å². The van der Waals surface area contributed by atoms with Crippen LogP contribution in [0.5, 0.6) is 0 Å². The maximum absolute atomic E-state index is 13.6. The Morgan fingerprint density at radius 3 is 2.19 bits per heavy atom. The van der Waals surface area contributed by atoms with E-state index >= 15 is 0 Å². The SMILES string of the molecule is OC(c1cc2cc(F)ccc2o1)c1c(F)cc(F)cc1F. The molecule has 108 valence electrons. The van der Waals surface area contributed by atoms with Crippen molar-refractivity contribution in [2.75, 3.05) is 0 Å². The van der Waals surface area contributed by atoms with Gasteiger partial charge in [-0.15, -0.1) is 0 Å². The molecule has 0 aliphatic carbocycles. The summed E-state index contributed by atoms with van der Waals surface area (Å²) >= 11 is 0. The van der Waals surface area contributed by atoms with Crippen molar-refractivity contribution in [3.8, 4) is 0 Å². The first-order valence-corrected chi connectivity index (χ1v) is 5.97. The number of aliphatic hydroxyl groups excluding tert-OH is 1. The number of fused-ring (bicyclic) bond motifs is 1. The van der Waals surface area contributed by atoms with Gasteiger partial charge in [0.25, 0.3) is 0 Å². The third-order valence-corrected chi connectivity index (χ3v) is 3.08. The molecule has 0 saturated heterocycles. The van der Waals surface area contributed by atoms with Crippen LogP contribution in [0.3, 0.4) is 0 Å². The molecule has 0 saturated carbocycles. The minimum atomic E-state index is -1.76. The van der Waals surface area contributed by atoms with Crippen LogP contribution in [0.15, 0.2) is 40.8 Å². The third kappa shape index (κ3) is 2.38. The molecule has 1 aromatic heterocycles. The van der Waals surface area contributed by atoms with E-state index in [0.717, 1.165) is 12.1 Å². The van der Waals surface area contributed by atoms with Crippen LogP contribution >= 0.6 is 0 Å². The topological polar surface area (TPSA) is 33.4 Å². The highest BCUT2D eigenvalue weighted by molar-refractivity contribution is 5.78. The maximum Gasteiger partial charge on any atom is 0.142 e. The van der Waals surface area contributed by atoms with Crippen LogP contribution in [0.2, 0.25) is 0 Å². The van der Waals surface area contributed by atoms with E-state index in [0.29, 0.717) is 17.5 Å². The van der Waals surface area contributed by atoms with E-state index in [2.05, 4.69) is 0 Å². The molecule has 0 spiro atoms. The minimum absolute atomic E-state index is 0.167. The van der Waals surface area contributed by atoms with Crippen molar-refractivity contribution < 1.29 is 27.1 Å². The number of aliphatic hydroxyl groups is 1. The molecule has 0 aliphatic heterocycles. The van der Waals surface area contributed by atoms with E-state index < -0.39 is 34.9 Å². The molecule has 6 heteroatoms. The maximum atomic E-state index is 13.6. The number of benzene rings is 2. The van der Waals surface area contributed by atoms with E-state index in [1.54, 1.807) is 0 Å². The molecule has 2 aromatic carbocycles. The van der Waals surface area contributed by atoms with Crippen LogP contribution in [-0.4, -0.2) is 5.11 Å². The lowest BCUT2D eigenvalue weighted by Gasteiger charge is -2.10. The predicted octanol–water partition coefficient (Wildman–Crippen LogP) is 4.07. The Labute approximate surface area is 116 Å². The van der Waals surface area contributed by atoms with Crippen LogP contribution in [0, 0.1) is 23.3 Å². The first kappa shape index (κ1) is 13.6. The summed E-state index contributed by atoms with van der Waals surface area (Å²) in [7, 11) is 0. The summed E-state index contributed by atoms with van der Waals surface area (Å²) in [6, 6.07) is 5.84. The Morgan fingerprint density at radius 2 is 1.52 bits per heavy atom. The van der Waals surface area contributed by atoms with Gasteiger partial charge in [-0.2, -0.15) is 0 Å². The number of halogens is 4. The molecule has 1 atom stereocenters. The van der Waals surface area contributed by atoms with E-state index in [4.69, 9.17) is 4.42 Å². The molecule has 2 nitrogen and oxygen atoms in total. The molecular weight excluding hydrogens is 288 g/mol. The van der Waals surface area contributed by atoms with Crippen molar-refractivity contribution in [1.29, 1.82) is 0 Å². The summed E-state index contributed by atoms with van der Waals surface area (Å²) in [5.74, 6) is -4.23. The number of rotatable bonds is 2. The van der Waals surface area contributed by atoms with Gasteiger partial charge in [0.2, 0.25) is 0 Å². The van der Waals surface area contributed by atoms with Crippen LogP contribution in [0.25, 0.3) is 11.0 Å². The zero-order valence-electron chi connectivity index (χ0n) is 10.4. The fraction of sp³-hybridized carbons (Fsp3) is 0.0667. The molecule has 0 fully saturated rings. The van der Waals surface area contributed by atoms with Crippen LogP contribution in [-0.2, 0) is 0 Å². The van der Waals surface area contributed by atoms with E-state index in [9.17, 15) is 22.7 Å². The van der Waals surface area contributed by atoms with Crippen LogP contribution < -0.4 is 0 Å². The summed E-state index contributed by atoms with van der Waals surface area (Å²) in [5, 5.41) is 10.4. The first-order chi connectivity index (χ1) is 9.95. The fourth-order valence-electron chi connectivity index (χ4n) is 2.13. The predicted molar refractivity (Wildman–Crippen MR) is 66.5 cm³/mol. The average Bonchev–Trinajstić information content (AvgIpc) is 2.80. The molecule has 1 unspecified atom stereocenters. The highest BCUT2D eigenvalue weighted by atomic mass is 19.1. The largest absolute Gasteiger partial charge is 0.458 e. The quantitative estimate of drug-likeness (QED) is 0.723. The summed E-state index contributed by atoms with van der Waals surface area (Å²) < 4.78 is 58.4. The Kier molecular flexibility index (Phi) is 3.17. The van der Waals surface area contributed by atoms with Crippen LogP contribution in [0.4, 0.5) is 17.6 Å².